The molecule has 4 rings (SSSR count). The molecule has 5 nitrogen and oxygen atoms in total. The molecule has 0 radical (unpaired) electrons. The van der Waals surface area contributed by atoms with Crippen molar-refractivity contribution < 1.29 is 18.7 Å². The van der Waals surface area contributed by atoms with E-state index < -0.39 is 5.97 Å². The highest BCUT2D eigenvalue weighted by atomic mass is 19.1. The predicted molar refractivity (Wildman–Crippen MR) is 127 cm³/mol. The third kappa shape index (κ3) is 3.89. The summed E-state index contributed by atoms with van der Waals surface area (Å²) < 4.78 is 20.4. The molecule has 0 spiro atoms. The van der Waals surface area contributed by atoms with Gasteiger partial charge >= 0.3 is 5.97 Å². The summed E-state index contributed by atoms with van der Waals surface area (Å²) in [7, 11) is 1.31. The molecular formula is C27H25FN2O3. The maximum atomic E-state index is 13.5. The smallest absolute Gasteiger partial charge is 0.340 e. The van der Waals surface area contributed by atoms with E-state index >= 15 is 0 Å². The zero-order chi connectivity index (χ0) is 23.9. The average molecular weight is 445 g/mol. The zero-order valence-corrected chi connectivity index (χ0v) is 19.3. The van der Waals surface area contributed by atoms with Crippen molar-refractivity contribution in [1.82, 2.24) is 4.57 Å². The van der Waals surface area contributed by atoms with Crippen LogP contribution >= 0.6 is 0 Å². The van der Waals surface area contributed by atoms with E-state index in [2.05, 4.69) is 0 Å². The zero-order valence-electron chi connectivity index (χ0n) is 19.3. The van der Waals surface area contributed by atoms with Crippen molar-refractivity contribution in [2.75, 3.05) is 12.0 Å². The molecule has 1 aliphatic rings. The fraction of sp³-hybridized carbons (Fsp3) is 0.185. The molecule has 0 saturated heterocycles. The quantitative estimate of drug-likeness (QED) is 0.399. The third-order valence-electron chi connectivity index (χ3n) is 5.90. The standard InChI is InChI=1S/C27H25FN2O3/c1-16-7-6-8-23(13-16)30-19(4)25(27(32)33-5)24(26(30)31)15-20-14-17(2)29(18(20)3)22-11-9-21(28)10-12-22/h6-15H,1-5H3/b24-15-. The fourth-order valence-electron chi connectivity index (χ4n) is 4.33. The largest absolute Gasteiger partial charge is 0.465 e. The van der Waals surface area contributed by atoms with Crippen molar-refractivity contribution in [2.24, 2.45) is 0 Å². The number of benzene rings is 2. The van der Waals surface area contributed by atoms with Gasteiger partial charge in [0.25, 0.3) is 5.91 Å². The molecule has 1 aliphatic heterocycles. The molecule has 1 amide bonds. The number of nitrogens with zero attached hydrogens (tertiary/aromatic N) is 2. The van der Waals surface area contributed by atoms with E-state index in [9.17, 15) is 14.0 Å². The Morgan fingerprint density at radius 1 is 0.970 bits per heavy atom. The number of hydrogen-bond donors (Lipinski definition) is 0. The lowest BCUT2D eigenvalue weighted by atomic mass is 10.0. The summed E-state index contributed by atoms with van der Waals surface area (Å²) in [4.78, 5) is 27.8. The Balaban J connectivity index is 1.85. The van der Waals surface area contributed by atoms with Gasteiger partial charge < -0.3 is 9.30 Å². The van der Waals surface area contributed by atoms with E-state index in [-0.39, 0.29) is 22.9 Å². The molecule has 0 atom stereocenters. The Morgan fingerprint density at radius 2 is 1.67 bits per heavy atom. The second kappa shape index (κ2) is 8.54. The third-order valence-corrected chi connectivity index (χ3v) is 5.90. The Hall–Kier alpha value is -3.93. The molecule has 0 unspecified atom stereocenters. The first-order valence-corrected chi connectivity index (χ1v) is 10.6. The summed E-state index contributed by atoms with van der Waals surface area (Å²) in [5.41, 5.74) is 6.15. The van der Waals surface area contributed by atoms with E-state index in [0.717, 1.165) is 28.2 Å². The average Bonchev–Trinajstić information content (AvgIpc) is 3.20. The summed E-state index contributed by atoms with van der Waals surface area (Å²) >= 11 is 0. The number of allylic oxidation sites excluding steroid dienone is 1. The van der Waals surface area contributed by atoms with Crippen molar-refractivity contribution in [2.45, 2.75) is 27.7 Å². The van der Waals surface area contributed by atoms with Crippen LogP contribution in [0.3, 0.4) is 0 Å². The number of anilines is 1. The molecule has 0 saturated carbocycles. The van der Waals surface area contributed by atoms with E-state index in [0.29, 0.717) is 11.4 Å². The molecule has 2 aromatic carbocycles. The lowest BCUT2D eigenvalue weighted by molar-refractivity contribution is -0.136. The monoisotopic (exact) mass is 444 g/mol. The highest BCUT2D eigenvalue weighted by molar-refractivity contribution is 6.23. The molecule has 3 aromatic rings. The van der Waals surface area contributed by atoms with Crippen molar-refractivity contribution in [3.05, 3.63) is 99.8 Å². The number of amides is 1. The van der Waals surface area contributed by atoms with Gasteiger partial charge in [-0.05, 0) is 87.4 Å². The minimum atomic E-state index is -0.561. The van der Waals surface area contributed by atoms with Crippen molar-refractivity contribution in [3.63, 3.8) is 0 Å². The Labute approximate surface area is 192 Å². The lowest BCUT2D eigenvalue weighted by Crippen LogP contribution is -2.24. The maximum Gasteiger partial charge on any atom is 0.340 e. The molecule has 0 fully saturated rings. The van der Waals surface area contributed by atoms with Gasteiger partial charge in [-0.2, -0.15) is 0 Å². The summed E-state index contributed by atoms with van der Waals surface area (Å²) in [6, 6.07) is 15.7. The summed E-state index contributed by atoms with van der Waals surface area (Å²) in [5, 5.41) is 0. The second-order valence-electron chi connectivity index (χ2n) is 8.13. The number of carbonyl (C=O) groups excluding carboxylic acids is 2. The molecule has 0 bridgehead atoms. The fourth-order valence-corrected chi connectivity index (χ4v) is 4.33. The second-order valence-corrected chi connectivity index (χ2v) is 8.13. The predicted octanol–water partition coefficient (Wildman–Crippen LogP) is 5.42. The first-order chi connectivity index (χ1) is 15.7. The molecule has 2 heterocycles. The number of ether oxygens (including phenoxy) is 1. The minimum Gasteiger partial charge on any atom is -0.465 e. The molecule has 1 aromatic heterocycles. The summed E-state index contributed by atoms with van der Waals surface area (Å²) in [6.07, 6.45) is 1.73. The highest BCUT2D eigenvalue weighted by Gasteiger charge is 2.38. The lowest BCUT2D eigenvalue weighted by Gasteiger charge is -2.18. The van der Waals surface area contributed by atoms with E-state index in [1.54, 1.807) is 30.0 Å². The van der Waals surface area contributed by atoms with Gasteiger partial charge in [-0.1, -0.05) is 12.1 Å². The van der Waals surface area contributed by atoms with Crippen LogP contribution in [0.15, 0.2) is 71.4 Å². The molecule has 168 valence electrons. The van der Waals surface area contributed by atoms with Gasteiger partial charge in [0, 0.05) is 28.5 Å². The number of aromatic nitrogens is 1. The van der Waals surface area contributed by atoms with Crippen LogP contribution < -0.4 is 4.90 Å². The van der Waals surface area contributed by atoms with Gasteiger partial charge in [-0.15, -0.1) is 0 Å². The van der Waals surface area contributed by atoms with Crippen molar-refractivity contribution in [1.29, 1.82) is 0 Å². The van der Waals surface area contributed by atoms with Crippen molar-refractivity contribution in [3.8, 4) is 5.69 Å². The van der Waals surface area contributed by atoms with E-state index in [1.807, 2.05) is 55.7 Å². The number of rotatable bonds is 4. The maximum absolute atomic E-state index is 13.5. The molecule has 6 heteroatoms. The van der Waals surface area contributed by atoms with Gasteiger partial charge in [0.1, 0.15) is 5.82 Å². The van der Waals surface area contributed by atoms with Crippen LogP contribution in [0, 0.1) is 26.6 Å². The van der Waals surface area contributed by atoms with Crippen LogP contribution in [0.4, 0.5) is 10.1 Å². The Kier molecular flexibility index (Phi) is 5.77. The van der Waals surface area contributed by atoms with E-state index in [1.165, 1.54) is 19.2 Å². The summed E-state index contributed by atoms with van der Waals surface area (Å²) in [5.74, 6) is -1.15. The van der Waals surface area contributed by atoms with Crippen LogP contribution in [0.1, 0.15) is 29.4 Å². The molecule has 33 heavy (non-hydrogen) atoms. The minimum absolute atomic E-state index is 0.246. The van der Waals surface area contributed by atoms with Gasteiger partial charge in [0.05, 0.1) is 18.3 Å². The molecule has 0 N–H and O–H groups in total. The van der Waals surface area contributed by atoms with Crippen molar-refractivity contribution >= 4 is 23.6 Å². The van der Waals surface area contributed by atoms with E-state index in [4.69, 9.17) is 4.74 Å². The Morgan fingerprint density at radius 3 is 2.30 bits per heavy atom. The van der Waals surface area contributed by atoms with Gasteiger partial charge in [0.2, 0.25) is 0 Å². The molecule has 0 aliphatic carbocycles. The first kappa shape index (κ1) is 22.3. The van der Waals surface area contributed by atoms with Crippen LogP contribution in [0.25, 0.3) is 11.8 Å². The van der Waals surface area contributed by atoms with Gasteiger partial charge in [0.15, 0.2) is 0 Å². The Bertz CT molecular complexity index is 1330. The van der Waals surface area contributed by atoms with Crippen LogP contribution in [-0.4, -0.2) is 23.6 Å². The topological polar surface area (TPSA) is 51.5 Å². The molecular weight excluding hydrogens is 419 g/mol. The number of aryl methyl sites for hydroxylation is 2. The van der Waals surface area contributed by atoms with Gasteiger partial charge in [-0.3, -0.25) is 9.69 Å². The number of methoxy groups -OCH3 is 1. The number of carbonyl (C=O) groups is 2. The number of esters is 1. The summed E-state index contributed by atoms with van der Waals surface area (Å²) in [6.45, 7) is 7.56. The van der Waals surface area contributed by atoms with Crippen LogP contribution in [0.5, 0.6) is 0 Å². The van der Waals surface area contributed by atoms with Crippen LogP contribution in [0.2, 0.25) is 0 Å². The number of hydrogen-bond acceptors (Lipinski definition) is 3. The number of halogens is 1. The normalized spacial score (nSPS) is 15.0. The highest BCUT2D eigenvalue weighted by Crippen LogP contribution is 2.36. The first-order valence-electron chi connectivity index (χ1n) is 10.6. The van der Waals surface area contributed by atoms with Gasteiger partial charge in [-0.25, -0.2) is 9.18 Å². The SMILES string of the molecule is COC(=O)C1=C(C)N(c2cccc(C)c2)C(=O)/C1=C\c1cc(C)n(-c2ccc(F)cc2)c1C. The van der Waals surface area contributed by atoms with Crippen LogP contribution in [-0.2, 0) is 14.3 Å².